The molecule has 0 amide bonds. The van der Waals surface area contributed by atoms with Crippen molar-refractivity contribution in [1.82, 2.24) is 24.3 Å². The van der Waals surface area contributed by atoms with Crippen LogP contribution in [0.2, 0.25) is 0 Å². The van der Waals surface area contributed by atoms with Crippen molar-refractivity contribution in [1.29, 1.82) is 0 Å². The number of hydrogen-bond donors (Lipinski definition) is 0. The minimum atomic E-state index is -0.610. The summed E-state index contributed by atoms with van der Waals surface area (Å²) in [5.74, 6) is 0.640. The van der Waals surface area contributed by atoms with Gasteiger partial charge in [-0.1, -0.05) is 48.5 Å². The zero-order valence-corrected chi connectivity index (χ0v) is 15.7. The monoisotopic (exact) mass is 373 g/mol. The predicted octanol–water partition coefficient (Wildman–Crippen LogP) is 2.11. The molecule has 2 aliphatic heterocycles. The van der Waals surface area contributed by atoms with Crippen molar-refractivity contribution in [2.75, 3.05) is 0 Å². The molecule has 2 aromatic rings. The van der Waals surface area contributed by atoms with Gasteiger partial charge in [-0.3, -0.25) is 9.36 Å². The fourth-order valence-corrected chi connectivity index (χ4v) is 3.12. The molecule has 140 valence electrons. The standard InChI is InChI=1S/C21H19N5O2/c1-3-26-19-17(20(27)25(2)21(28)23-19)22-18(24-26)16-11-7-10-15(13-16)12-14-8-5-4-6-9-14/h4-11,13H,3,12H2,1-2H3. The van der Waals surface area contributed by atoms with Gasteiger partial charge in [0, 0.05) is 19.2 Å². The first kappa shape index (κ1) is 17.8. The van der Waals surface area contributed by atoms with Crippen molar-refractivity contribution in [2.45, 2.75) is 19.9 Å². The molecule has 7 heteroatoms. The smallest absolute Gasteiger partial charge is 0.267 e. The van der Waals surface area contributed by atoms with Crippen molar-refractivity contribution < 1.29 is 0 Å². The molecule has 0 aromatic heterocycles. The maximum absolute atomic E-state index is 12.5. The van der Waals surface area contributed by atoms with Gasteiger partial charge in [-0.05, 0) is 30.5 Å². The van der Waals surface area contributed by atoms with Crippen molar-refractivity contribution >= 4 is 0 Å². The summed E-state index contributed by atoms with van der Waals surface area (Å²) < 4.78 is 2.51. The fourth-order valence-electron chi connectivity index (χ4n) is 3.12. The van der Waals surface area contributed by atoms with Crippen LogP contribution in [0.5, 0.6) is 0 Å². The first-order valence-corrected chi connectivity index (χ1v) is 9.06. The van der Waals surface area contributed by atoms with E-state index < -0.39 is 11.2 Å². The van der Waals surface area contributed by atoms with Crippen LogP contribution in [-0.2, 0) is 20.0 Å². The van der Waals surface area contributed by atoms with E-state index in [0.29, 0.717) is 12.4 Å². The van der Waals surface area contributed by atoms with E-state index in [9.17, 15) is 9.59 Å². The average Bonchev–Trinajstić information content (AvgIpc) is 2.72. The summed E-state index contributed by atoms with van der Waals surface area (Å²) in [5, 5.41) is 4.51. The van der Waals surface area contributed by atoms with Gasteiger partial charge in [0.25, 0.3) is 5.56 Å². The van der Waals surface area contributed by atoms with Crippen LogP contribution in [0.4, 0.5) is 0 Å². The molecule has 2 aromatic carbocycles. The molecule has 0 spiro atoms. The Morgan fingerprint density at radius 2 is 1.68 bits per heavy atom. The van der Waals surface area contributed by atoms with Gasteiger partial charge in [0.05, 0.1) is 0 Å². The highest BCUT2D eigenvalue weighted by molar-refractivity contribution is 5.60. The number of aryl methyl sites for hydroxylation is 1. The third kappa shape index (κ3) is 3.22. The fraction of sp³-hybridized carbons (Fsp3) is 0.190. The molecule has 4 rings (SSSR count). The van der Waals surface area contributed by atoms with E-state index >= 15 is 0 Å². The van der Waals surface area contributed by atoms with E-state index in [1.165, 1.54) is 12.6 Å². The second-order valence-electron chi connectivity index (χ2n) is 6.54. The van der Waals surface area contributed by atoms with Gasteiger partial charge in [0.1, 0.15) is 0 Å². The van der Waals surface area contributed by atoms with Crippen molar-refractivity contribution in [3.05, 3.63) is 86.6 Å². The molecule has 0 unspecified atom stereocenters. The van der Waals surface area contributed by atoms with E-state index in [1.54, 1.807) is 4.68 Å². The first-order valence-electron chi connectivity index (χ1n) is 9.06. The Morgan fingerprint density at radius 1 is 0.929 bits per heavy atom. The summed E-state index contributed by atoms with van der Waals surface area (Å²) in [4.78, 5) is 32.8. The third-order valence-corrected chi connectivity index (χ3v) is 4.62. The highest BCUT2D eigenvalue weighted by Gasteiger charge is 2.20. The van der Waals surface area contributed by atoms with Crippen LogP contribution in [-0.4, -0.2) is 24.3 Å². The Balaban J connectivity index is 1.83. The number of fused-ring (bicyclic) bond motifs is 1. The molecule has 2 heterocycles. The molecule has 7 nitrogen and oxygen atoms in total. The number of aromatic nitrogens is 5. The molecule has 0 atom stereocenters. The van der Waals surface area contributed by atoms with Crippen LogP contribution in [0, 0.1) is 0 Å². The lowest BCUT2D eigenvalue weighted by Gasteiger charge is -2.13. The van der Waals surface area contributed by atoms with Crippen molar-refractivity contribution in [3.63, 3.8) is 0 Å². The number of benzene rings is 2. The van der Waals surface area contributed by atoms with Crippen LogP contribution in [0.25, 0.3) is 22.9 Å². The van der Waals surface area contributed by atoms with Gasteiger partial charge < -0.3 is 0 Å². The summed E-state index contributed by atoms with van der Waals surface area (Å²) in [6, 6.07) is 18.1. The van der Waals surface area contributed by atoms with E-state index in [4.69, 9.17) is 0 Å². The zero-order valence-electron chi connectivity index (χ0n) is 15.7. The maximum Gasteiger partial charge on any atom is 0.352 e. The van der Waals surface area contributed by atoms with E-state index in [-0.39, 0.29) is 11.5 Å². The van der Waals surface area contributed by atoms with Crippen LogP contribution in [0.15, 0.2) is 64.2 Å². The van der Waals surface area contributed by atoms with E-state index in [1.807, 2.05) is 43.3 Å². The van der Waals surface area contributed by atoms with E-state index in [0.717, 1.165) is 22.1 Å². The molecule has 0 saturated heterocycles. The quantitative estimate of drug-likeness (QED) is 0.547. The lowest BCUT2D eigenvalue weighted by Crippen LogP contribution is -2.37. The molecule has 0 fully saturated rings. The topological polar surface area (TPSA) is 82.7 Å². The second-order valence-corrected chi connectivity index (χ2v) is 6.54. The molecule has 0 radical (unpaired) electrons. The first-order chi connectivity index (χ1) is 13.6. The lowest BCUT2D eigenvalue weighted by molar-refractivity contribution is 0.612. The molecule has 2 aliphatic rings. The van der Waals surface area contributed by atoms with Gasteiger partial charge in [-0.15, -0.1) is 0 Å². The summed E-state index contributed by atoms with van der Waals surface area (Å²) in [6.45, 7) is 2.35. The Hall–Kier alpha value is -3.61. The maximum atomic E-state index is 12.5. The van der Waals surface area contributed by atoms with Crippen LogP contribution in [0.1, 0.15) is 18.1 Å². The predicted molar refractivity (Wildman–Crippen MR) is 106 cm³/mol. The van der Waals surface area contributed by atoms with Gasteiger partial charge >= 0.3 is 5.69 Å². The minimum Gasteiger partial charge on any atom is -0.267 e. The SMILES string of the molecule is CCn1nc(-c2cccc(Cc3ccccc3)c2)nc2c(=O)n(C)c(=O)nc1-2. The Morgan fingerprint density at radius 3 is 2.43 bits per heavy atom. The molecular formula is C21H19N5O2. The van der Waals surface area contributed by atoms with Crippen molar-refractivity contribution in [3.8, 4) is 22.9 Å². The molecule has 0 bridgehead atoms. The van der Waals surface area contributed by atoms with Crippen LogP contribution in [0.3, 0.4) is 0 Å². The summed E-state index contributed by atoms with van der Waals surface area (Å²) in [6.07, 6.45) is 0.791. The van der Waals surface area contributed by atoms with Crippen LogP contribution < -0.4 is 11.2 Å². The molecule has 0 aliphatic carbocycles. The molecule has 28 heavy (non-hydrogen) atoms. The summed E-state index contributed by atoms with van der Waals surface area (Å²) >= 11 is 0. The Kier molecular flexibility index (Phi) is 4.57. The van der Waals surface area contributed by atoms with Gasteiger partial charge in [0.15, 0.2) is 17.3 Å². The van der Waals surface area contributed by atoms with Gasteiger partial charge in [-0.25, -0.2) is 14.5 Å². The summed E-state index contributed by atoms with van der Waals surface area (Å²) in [7, 11) is 1.40. The van der Waals surface area contributed by atoms with Gasteiger partial charge in [0.2, 0.25) is 0 Å². The van der Waals surface area contributed by atoms with Crippen LogP contribution >= 0.6 is 0 Å². The molecule has 0 N–H and O–H groups in total. The van der Waals surface area contributed by atoms with Crippen molar-refractivity contribution in [2.24, 2.45) is 7.05 Å². The Labute approximate surface area is 161 Å². The third-order valence-electron chi connectivity index (χ3n) is 4.62. The summed E-state index contributed by atoms with van der Waals surface area (Å²) in [5.41, 5.74) is 2.20. The number of hydrogen-bond acceptors (Lipinski definition) is 5. The highest BCUT2D eigenvalue weighted by atomic mass is 16.2. The average molecular weight is 373 g/mol. The highest BCUT2D eigenvalue weighted by Crippen LogP contribution is 2.21. The Bertz CT molecular complexity index is 1230. The normalized spacial score (nSPS) is 11.1. The second kappa shape index (κ2) is 7.19. The molecular weight excluding hydrogens is 354 g/mol. The van der Waals surface area contributed by atoms with Gasteiger partial charge in [-0.2, -0.15) is 10.1 Å². The zero-order chi connectivity index (χ0) is 19.7. The minimum absolute atomic E-state index is 0.141. The largest absolute Gasteiger partial charge is 0.352 e. The lowest BCUT2D eigenvalue weighted by atomic mass is 10.0. The van der Waals surface area contributed by atoms with E-state index in [2.05, 4.69) is 33.3 Å². The number of rotatable bonds is 4. The molecule has 0 saturated carbocycles. The number of nitrogens with zero attached hydrogens (tertiary/aromatic N) is 5.